The fraction of sp³-hybridized carbons (Fsp3) is 0. The Morgan fingerprint density at radius 1 is 1.24 bits per heavy atom. The number of benzene rings is 1. The third-order valence-corrected chi connectivity index (χ3v) is 2.72. The molecule has 0 unspecified atom stereocenters. The highest BCUT2D eigenvalue weighted by molar-refractivity contribution is 6.04. The van der Waals surface area contributed by atoms with E-state index in [0.29, 0.717) is 11.6 Å². The van der Waals surface area contributed by atoms with Crippen molar-refractivity contribution in [2.24, 2.45) is 0 Å². The van der Waals surface area contributed by atoms with Crippen molar-refractivity contribution in [3.05, 3.63) is 66.8 Å². The molecule has 0 aliphatic rings. The van der Waals surface area contributed by atoms with Crippen molar-refractivity contribution in [1.82, 2.24) is 19.5 Å². The average Bonchev–Trinajstić information content (AvgIpc) is 3.02. The van der Waals surface area contributed by atoms with Crippen molar-refractivity contribution in [1.29, 1.82) is 0 Å². The van der Waals surface area contributed by atoms with Gasteiger partial charge in [0.15, 0.2) is 0 Å². The molecule has 1 aromatic carbocycles. The number of hydrogen-bond acceptors (Lipinski definition) is 4. The lowest BCUT2D eigenvalue weighted by atomic mass is 10.2. The Morgan fingerprint density at radius 2 is 2.05 bits per heavy atom. The van der Waals surface area contributed by atoms with Gasteiger partial charge in [0.25, 0.3) is 5.91 Å². The molecule has 0 atom stereocenters. The summed E-state index contributed by atoms with van der Waals surface area (Å²) in [5, 5.41) is 2.60. The molecule has 2 aromatic heterocycles. The highest BCUT2D eigenvalue weighted by Crippen LogP contribution is 2.09. The number of carbonyl (C=O) groups is 1. The zero-order valence-electron chi connectivity index (χ0n) is 10.8. The minimum absolute atomic E-state index is 0.230. The summed E-state index contributed by atoms with van der Waals surface area (Å²) in [7, 11) is 0. The molecular formula is C14H10FN5O. The van der Waals surface area contributed by atoms with E-state index in [-0.39, 0.29) is 5.56 Å². The summed E-state index contributed by atoms with van der Waals surface area (Å²) in [6, 6.07) is 5.44. The van der Waals surface area contributed by atoms with Crippen molar-refractivity contribution in [3.63, 3.8) is 0 Å². The number of nitrogens with zero attached hydrogens (tertiary/aromatic N) is 4. The number of amides is 1. The van der Waals surface area contributed by atoms with Crippen molar-refractivity contribution < 1.29 is 9.18 Å². The third-order valence-electron chi connectivity index (χ3n) is 2.72. The standard InChI is InChI=1S/C14H10FN5O/c15-11-3-1-2-10(6-11)13(21)19-12-7-17-14(18-8-12)20-5-4-16-9-20/h1-9H,(H,19,21). The summed E-state index contributed by atoms with van der Waals surface area (Å²) in [5.74, 6) is -0.445. The van der Waals surface area contributed by atoms with Gasteiger partial charge in [-0.2, -0.15) is 0 Å². The predicted molar refractivity (Wildman–Crippen MR) is 73.5 cm³/mol. The van der Waals surface area contributed by atoms with E-state index in [1.807, 2.05) is 0 Å². The summed E-state index contributed by atoms with van der Waals surface area (Å²) < 4.78 is 14.7. The molecule has 3 rings (SSSR count). The molecule has 0 fully saturated rings. The number of nitrogens with one attached hydrogen (secondary N) is 1. The third kappa shape index (κ3) is 2.92. The number of anilines is 1. The van der Waals surface area contributed by atoms with Gasteiger partial charge in [-0.05, 0) is 18.2 Å². The Morgan fingerprint density at radius 3 is 2.71 bits per heavy atom. The molecule has 1 N–H and O–H groups in total. The van der Waals surface area contributed by atoms with E-state index in [4.69, 9.17) is 0 Å². The quantitative estimate of drug-likeness (QED) is 0.798. The van der Waals surface area contributed by atoms with E-state index in [1.165, 1.54) is 30.6 Å². The van der Waals surface area contributed by atoms with Crippen LogP contribution in [-0.4, -0.2) is 25.4 Å². The second kappa shape index (κ2) is 5.49. The van der Waals surface area contributed by atoms with Gasteiger partial charge < -0.3 is 5.32 Å². The zero-order valence-corrected chi connectivity index (χ0v) is 10.8. The summed E-state index contributed by atoms with van der Waals surface area (Å²) >= 11 is 0. The maximum Gasteiger partial charge on any atom is 0.255 e. The van der Waals surface area contributed by atoms with Gasteiger partial charge in [0, 0.05) is 18.0 Å². The van der Waals surface area contributed by atoms with Crippen LogP contribution >= 0.6 is 0 Å². The van der Waals surface area contributed by atoms with E-state index in [9.17, 15) is 9.18 Å². The first kappa shape index (κ1) is 12.9. The molecule has 1 amide bonds. The van der Waals surface area contributed by atoms with Gasteiger partial charge in [0.2, 0.25) is 5.95 Å². The molecule has 3 aromatic rings. The molecule has 104 valence electrons. The fourth-order valence-corrected chi connectivity index (χ4v) is 1.73. The molecule has 0 aliphatic heterocycles. The van der Waals surface area contributed by atoms with Crippen LogP contribution in [0.1, 0.15) is 10.4 Å². The number of halogens is 1. The van der Waals surface area contributed by atoms with E-state index in [2.05, 4.69) is 20.3 Å². The average molecular weight is 283 g/mol. The summed E-state index contributed by atoms with van der Waals surface area (Å²) in [5.41, 5.74) is 0.654. The number of carbonyl (C=O) groups excluding carboxylic acids is 1. The van der Waals surface area contributed by atoms with E-state index in [0.717, 1.165) is 6.07 Å². The molecule has 7 heteroatoms. The molecule has 0 saturated carbocycles. The Kier molecular flexibility index (Phi) is 3.38. The van der Waals surface area contributed by atoms with Gasteiger partial charge in [-0.3, -0.25) is 9.36 Å². The van der Waals surface area contributed by atoms with Crippen LogP contribution in [0.3, 0.4) is 0 Å². The maximum absolute atomic E-state index is 13.1. The van der Waals surface area contributed by atoms with Crippen molar-refractivity contribution in [2.45, 2.75) is 0 Å². The Labute approximate surface area is 119 Å². The van der Waals surface area contributed by atoms with Crippen molar-refractivity contribution >= 4 is 11.6 Å². The van der Waals surface area contributed by atoms with E-state index >= 15 is 0 Å². The monoisotopic (exact) mass is 283 g/mol. The van der Waals surface area contributed by atoms with Gasteiger partial charge >= 0.3 is 0 Å². The number of rotatable bonds is 3. The predicted octanol–water partition coefficient (Wildman–Crippen LogP) is 2.05. The van der Waals surface area contributed by atoms with E-state index in [1.54, 1.807) is 23.3 Å². The summed E-state index contributed by atoms with van der Waals surface area (Å²) in [4.78, 5) is 24.0. The highest BCUT2D eigenvalue weighted by atomic mass is 19.1. The highest BCUT2D eigenvalue weighted by Gasteiger charge is 2.08. The first-order valence-electron chi connectivity index (χ1n) is 6.10. The van der Waals surface area contributed by atoms with Crippen LogP contribution in [0.25, 0.3) is 5.95 Å². The SMILES string of the molecule is O=C(Nc1cnc(-n2ccnc2)nc1)c1cccc(F)c1. The van der Waals surface area contributed by atoms with E-state index < -0.39 is 11.7 Å². The fourth-order valence-electron chi connectivity index (χ4n) is 1.73. The second-order valence-corrected chi connectivity index (χ2v) is 4.21. The molecule has 6 nitrogen and oxygen atoms in total. The molecule has 0 radical (unpaired) electrons. The number of aromatic nitrogens is 4. The van der Waals surface area contributed by atoms with Crippen LogP contribution in [0.5, 0.6) is 0 Å². The molecule has 2 heterocycles. The van der Waals surface area contributed by atoms with Crippen LogP contribution in [-0.2, 0) is 0 Å². The van der Waals surface area contributed by atoms with Crippen molar-refractivity contribution in [3.8, 4) is 5.95 Å². The smallest absolute Gasteiger partial charge is 0.255 e. The summed E-state index contributed by atoms with van der Waals surface area (Å²) in [6.45, 7) is 0. The minimum atomic E-state index is -0.464. The summed E-state index contributed by atoms with van der Waals surface area (Å²) in [6.07, 6.45) is 7.84. The first-order valence-corrected chi connectivity index (χ1v) is 6.10. The zero-order chi connectivity index (χ0) is 14.7. The second-order valence-electron chi connectivity index (χ2n) is 4.21. The van der Waals surface area contributed by atoms with Crippen LogP contribution < -0.4 is 5.32 Å². The Balaban J connectivity index is 1.75. The molecular weight excluding hydrogens is 273 g/mol. The molecule has 0 aliphatic carbocycles. The van der Waals surface area contributed by atoms with Gasteiger partial charge in [0.05, 0.1) is 18.1 Å². The van der Waals surface area contributed by atoms with Crippen LogP contribution in [0.15, 0.2) is 55.4 Å². The van der Waals surface area contributed by atoms with Gasteiger partial charge in [0.1, 0.15) is 12.1 Å². The van der Waals surface area contributed by atoms with Crippen LogP contribution in [0.2, 0.25) is 0 Å². The largest absolute Gasteiger partial charge is 0.319 e. The lowest BCUT2D eigenvalue weighted by molar-refractivity contribution is 0.102. The lowest BCUT2D eigenvalue weighted by Gasteiger charge is -2.05. The molecule has 21 heavy (non-hydrogen) atoms. The molecule has 0 saturated heterocycles. The van der Waals surface area contributed by atoms with Gasteiger partial charge in [-0.25, -0.2) is 19.3 Å². The van der Waals surface area contributed by atoms with Crippen LogP contribution in [0.4, 0.5) is 10.1 Å². The number of imidazole rings is 1. The normalized spacial score (nSPS) is 10.3. The van der Waals surface area contributed by atoms with Crippen molar-refractivity contribution in [2.75, 3.05) is 5.32 Å². The topological polar surface area (TPSA) is 72.7 Å². The Bertz CT molecular complexity index is 755. The van der Waals surface area contributed by atoms with Gasteiger partial charge in [-0.1, -0.05) is 6.07 Å². The Hall–Kier alpha value is -3.09. The number of hydrogen-bond donors (Lipinski definition) is 1. The first-order chi connectivity index (χ1) is 10.2. The maximum atomic E-state index is 13.1. The molecule has 0 spiro atoms. The lowest BCUT2D eigenvalue weighted by Crippen LogP contribution is -2.13. The van der Waals surface area contributed by atoms with Gasteiger partial charge in [-0.15, -0.1) is 0 Å². The molecule has 0 bridgehead atoms. The van der Waals surface area contributed by atoms with Crippen LogP contribution in [0, 0.1) is 5.82 Å². The minimum Gasteiger partial charge on any atom is -0.319 e.